The number of hydrogen-bond acceptors (Lipinski definition) is 3. The Kier molecular flexibility index (Phi) is 5.23. The summed E-state index contributed by atoms with van der Waals surface area (Å²) >= 11 is 0. The number of Topliss-reactive ketones (excluding diaryl/α,β-unsaturated/α-hetero) is 1. The van der Waals surface area contributed by atoms with Crippen molar-refractivity contribution in [3.05, 3.63) is 64.7 Å². The van der Waals surface area contributed by atoms with Crippen LogP contribution in [0.4, 0.5) is 0 Å². The van der Waals surface area contributed by atoms with Crippen molar-refractivity contribution in [3.63, 3.8) is 0 Å². The summed E-state index contributed by atoms with van der Waals surface area (Å²) in [7, 11) is -2.03. The molecule has 2 rings (SSSR count). The summed E-state index contributed by atoms with van der Waals surface area (Å²) in [5, 5.41) is 0.592. The van der Waals surface area contributed by atoms with Crippen LogP contribution in [-0.4, -0.2) is 11.9 Å². The van der Waals surface area contributed by atoms with Gasteiger partial charge in [-0.15, -0.1) is 0 Å². The van der Waals surface area contributed by atoms with Crippen molar-refractivity contribution in [2.24, 2.45) is 0 Å². The van der Waals surface area contributed by atoms with Crippen LogP contribution in [0.25, 0.3) is 0 Å². The molecule has 0 amide bonds. The van der Waals surface area contributed by atoms with E-state index >= 15 is 0 Å². The van der Waals surface area contributed by atoms with Gasteiger partial charge in [0.1, 0.15) is 6.10 Å². The van der Waals surface area contributed by atoms with E-state index in [0.29, 0.717) is 10.9 Å². The molecule has 22 heavy (non-hydrogen) atoms. The van der Waals surface area contributed by atoms with Crippen molar-refractivity contribution in [2.45, 2.75) is 33.8 Å². The average molecular weight is 315 g/mol. The molecule has 0 saturated carbocycles. The lowest BCUT2D eigenvalue weighted by Crippen LogP contribution is -2.21. The first kappa shape index (κ1) is 16.5. The zero-order chi connectivity index (χ0) is 16.3. The molecule has 1 radical (unpaired) electrons. The Hall–Kier alpha value is -1.83. The van der Waals surface area contributed by atoms with Crippen LogP contribution in [-0.2, 0) is 9.09 Å². The lowest BCUT2D eigenvalue weighted by molar-refractivity contribution is 0.0830. The molecular weight excluding hydrogens is 295 g/mol. The maximum Gasteiger partial charge on any atom is 0.247 e. The third kappa shape index (κ3) is 3.68. The molecule has 0 aliphatic carbocycles. The first-order valence-electron chi connectivity index (χ1n) is 7.21. The van der Waals surface area contributed by atoms with Crippen LogP contribution < -0.4 is 5.30 Å². The molecule has 0 aliphatic heterocycles. The molecule has 0 aliphatic rings. The van der Waals surface area contributed by atoms with Gasteiger partial charge in [0.05, 0.1) is 5.30 Å². The maximum atomic E-state index is 12.6. The molecule has 0 fully saturated rings. The molecule has 0 N–H and O–H groups in total. The van der Waals surface area contributed by atoms with E-state index in [1.54, 1.807) is 31.2 Å². The highest BCUT2D eigenvalue weighted by atomic mass is 31.1. The Bertz CT molecular complexity index is 685. The first-order chi connectivity index (χ1) is 10.4. The third-order valence-corrected chi connectivity index (χ3v) is 4.74. The minimum Gasteiger partial charge on any atom is -0.291 e. The number of benzene rings is 2. The summed E-state index contributed by atoms with van der Waals surface area (Å²) in [5.74, 6) is -0.130. The van der Waals surface area contributed by atoms with Gasteiger partial charge in [-0.25, -0.2) is 4.57 Å². The zero-order valence-electron chi connectivity index (χ0n) is 13.3. The highest BCUT2D eigenvalue weighted by molar-refractivity contribution is 7.48. The fraction of sp³-hybridized carbons (Fsp3) is 0.278. The Morgan fingerprint density at radius 1 is 1.05 bits per heavy atom. The van der Waals surface area contributed by atoms with Crippen molar-refractivity contribution in [1.29, 1.82) is 0 Å². The van der Waals surface area contributed by atoms with Gasteiger partial charge in [0.2, 0.25) is 8.03 Å². The second-order valence-corrected chi connectivity index (χ2v) is 6.72. The van der Waals surface area contributed by atoms with Crippen molar-refractivity contribution >= 4 is 19.1 Å². The molecular formula is C18H20O3P. The molecule has 115 valence electrons. The minimum absolute atomic E-state index is 0.130. The SMILES string of the molecule is Cc1cc(C)c(C(=O)C(C)O[P](=O)c2ccccc2)c(C)c1. The molecule has 0 bridgehead atoms. The Morgan fingerprint density at radius 2 is 1.59 bits per heavy atom. The number of rotatable bonds is 5. The average Bonchev–Trinajstić information content (AvgIpc) is 2.46. The predicted octanol–water partition coefficient (Wildman–Crippen LogP) is 4.27. The largest absolute Gasteiger partial charge is 0.291 e. The van der Waals surface area contributed by atoms with Gasteiger partial charge >= 0.3 is 0 Å². The van der Waals surface area contributed by atoms with E-state index in [1.807, 2.05) is 39.0 Å². The highest BCUT2D eigenvalue weighted by Gasteiger charge is 2.22. The number of carbonyl (C=O) groups is 1. The van der Waals surface area contributed by atoms with E-state index in [0.717, 1.165) is 16.7 Å². The summed E-state index contributed by atoms with van der Waals surface area (Å²) in [6.07, 6.45) is -0.746. The normalized spacial score (nSPS) is 12.8. The molecule has 4 heteroatoms. The van der Waals surface area contributed by atoms with Gasteiger partial charge in [-0.05, 0) is 51.0 Å². The molecule has 2 aromatic rings. The van der Waals surface area contributed by atoms with Crippen LogP contribution in [0.5, 0.6) is 0 Å². The van der Waals surface area contributed by atoms with Gasteiger partial charge in [-0.3, -0.25) is 9.32 Å². The van der Waals surface area contributed by atoms with Crippen molar-refractivity contribution in [1.82, 2.24) is 0 Å². The van der Waals surface area contributed by atoms with Gasteiger partial charge in [-0.1, -0.05) is 35.9 Å². The third-order valence-electron chi connectivity index (χ3n) is 3.51. The topological polar surface area (TPSA) is 43.4 Å². The summed E-state index contributed by atoms with van der Waals surface area (Å²) in [6.45, 7) is 7.48. The zero-order valence-corrected chi connectivity index (χ0v) is 14.2. The first-order valence-corrected chi connectivity index (χ1v) is 8.39. The number of aryl methyl sites for hydroxylation is 3. The van der Waals surface area contributed by atoms with Crippen LogP contribution in [0.15, 0.2) is 42.5 Å². The van der Waals surface area contributed by atoms with Gasteiger partial charge in [0, 0.05) is 5.56 Å². The number of carbonyl (C=O) groups excluding carboxylic acids is 1. The molecule has 0 aromatic heterocycles. The molecule has 3 nitrogen and oxygen atoms in total. The van der Waals surface area contributed by atoms with Crippen molar-refractivity contribution < 1.29 is 13.9 Å². The van der Waals surface area contributed by atoms with Gasteiger partial charge in [0.15, 0.2) is 5.78 Å². The van der Waals surface area contributed by atoms with Gasteiger partial charge in [-0.2, -0.15) is 0 Å². The molecule has 0 heterocycles. The van der Waals surface area contributed by atoms with E-state index < -0.39 is 14.1 Å². The molecule has 0 spiro atoms. The molecule has 0 saturated heterocycles. The quantitative estimate of drug-likeness (QED) is 0.611. The maximum absolute atomic E-state index is 12.6. The van der Waals surface area contributed by atoms with Gasteiger partial charge < -0.3 is 0 Å². The minimum atomic E-state index is -2.03. The van der Waals surface area contributed by atoms with Gasteiger partial charge in [0.25, 0.3) is 0 Å². The van der Waals surface area contributed by atoms with Crippen LogP contribution >= 0.6 is 8.03 Å². The van der Waals surface area contributed by atoms with Crippen molar-refractivity contribution in [3.8, 4) is 0 Å². The Balaban J connectivity index is 2.18. The lowest BCUT2D eigenvalue weighted by Gasteiger charge is -2.15. The number of hydrogen-bond donors (Lipinski definition) is 0. The second-order valence-electron chi connectivity index (χ2n) is 5.48. The molecule has 2 unspecified atom stereocenters. The Morgan fingerprint density at radius 3 is 2.14 bits per heavy atom. The van der Waals surface area contributed by atoms with E-state index in [4.69, 9.17) is 4.52 Å². The lowest BCUT2D eigenvalue weighted by atomic mass is 9.95. The standard InChI is InChI=1S/C18H20O3P/c1-12-10-13(2)17(14(3)11-12)18(19)15(4)21-22(20)16-8-6-5-7-9-16/h5-11,15H,1-4H3. The highest BCUT2D eigenvalue weighted by Crippen LogP contribution is 2.27. The van der Waals surface area contributed by atoms with Crippen LogP contribution in [0.3, 0.4) is 0 Å². The van der Waals surface area contributed by atoms with Crippen LogP contribution in [0.1, 0.15) is 34.0 Å². The predicted molar refractivity (Wildman–Crippen MR) is 89.2 cm³/mol. The molecule has 2 atom stereocenters. The van der Waals surface area contributed by atoms with E-state index in [9.17, 15) is 9.36 Å². The van der Waals surface area contributed by atoms with Crippen LogP contribution in [0.2, 0.25) is 0 Å². The van der Waals surface area contributed by atoms with E-state index in [-0.39, 0.29) is 5.78 Å². The van der Waals surface area contributed by atoms with Crippen LogP contribution in [0, 0.1) is 20.8 Å². The van der Waals surface area contributed by atoms with E-state index in [1.165, 1.54) is 0 Å². The summed E-state index contributed by atoms with van der Waals surface area (Å²) in [6, 6.07) is 12.9. The molecule has 2 aromatic carbocycles. The second kappa shape index (κ2) is 6.95. The number of ketones is 1. The fourth-order valence-electron chi connectivity index (χ4n) is 2.57. The summed E-state index contributed by atoms with van der Waals surface area (Å²) in [4.78, 5) is 12.6. The Labute approximate surface area is 132 Å². The fourth-order valence-corrected chi connectivity index (χ4v) is 3.49. The monoisotopic (exact) mass is 315 g/mol. The van der Waals surface area contributed by atoms with E-state index in [2.05, 4.69) is 0 Å². The summed E-state index contributed by atoms with van der Waals surface area (Å²) < 4.78 is 17.6. The van der Waals surface area contributed by atoms with Crippen molar-refractivity contribution in [2.75, 3.05) is 0 Å². The smallest absolute Gasteiger partial charge is 0.247 e. The summed E-state index contributed by atoms with van der Waals surface area (Å²) in [5.41, 5.74) is 3.63.